The van der Waals surface area contributed by atoms with E-state index in [9.17, 15) is 9.59 Å². The van der Waals surface area contributed by atoms with Gasteiger partial charge in [0.2, 0.25) is 5.91 Å². The molecule has 0 aromatic rings. The lowest BCUT2D eigenvalue weighted by Crippen LogP contribution is -2.35. The van der Waals surface area contributed by atoms with Gasteiger partial charge in [0.25, 0.3) is 0 Å². The van der Waals surface area contributed by atoms with Gasteiger partial charge < -0.3 is 9.64 Å². The van der Waals surface area contributed by atoms with E-state index >= 15 is 0 Å². The van der Waals surface area contributed by atoms with Gasteiger partial charge in [-0.25, -0.2) is 4.79 Å². The number of hydrogen-bond acceptors (Lipinski definition) is 3. The van der Waals surface area contributed by atoms with E-state index < -0.39 is 0 Å². The van der Waals surface area contributed by atoms with Crippen LogP contribution in [0.3, 0.4) is 0 Å². The van der Waals surface area contributed by atoms with Crippen LogP contribution < -0.4 is 0 Å². The van der Waals surface area contributed by atoms with Crippen LogP contribution in [0.15, 0.2) is 11.6 Å². The lowest BCUT2D eigenvalue weighted by atomic mass is 10.1. The number of carbonyl (C=O) groups is 2. The molecule has 1 saturated heterocycles. The molecule has 1 rings (SSSR count). The molecule has 0 saturated carbocycles. The van der Waals surface area contributed by atoms with Gasteiger partial charge in [-0.15, -0.1) is 0 Å². The Morgan fingerprint density at radius 2 is 2.27 bits per heavy atom. The van der Waals surface area contributed by atoms with Crippen LogP contribution in [0.2, 0.25) is 0 Å². The fourth-order valence-electron chi connectivity index (χ4n) is 1.55. The summed E-state index contributed by atoms with van der Waals surface area (Å²) in [6, 6.07) is 0. The van der Waals surface area contributed by atoms with E-state index in [1.807, 2.05) is 0 Å². The van der Waals surface area contributed by atoms with Crippen molar-refractivity contribution in [2.75, 3.05) is 20.2 Å². The van der Waals surface area contributed by atoms with E-state index in [1.165, 1.54) is 7.11 Å². The summed E-state index contributed by atoms with van der Waals surface area (Å²) in [7, 11) is 1.35. The Bertz CT molecular complexity index is 284. The maximum absolute atomic E-state index is 11.4. The summed E-state index contributed by atoms with van der Waals surface area (Å²) in [4.78, 5) is 24.3. The summed E-state index contributed by atoms with van der Waals surface area (Å²) in [5.41, 5.74) is 0.552. The molecule has 1 aliphatic rings. The number of ether oxygens (including phenoxy) is 1. The second-order valence-electron chi connectivity index (χ2n) is 3.68. The summed E-state index contributed by atoms with van der Waals surface area (Å²) in [5.74, 6) is -0.158. The molecule has 0 bridgehead atoms. The molecular weight excluding hydrogens is 194 g/mol. The summed E-state index contributed by atoms with van der Waals surface area (Å²) in [6.45, 7) is 3.00. The van der Waals surface area contributed by atoms with Crippen LogP contribution in [0.1, 0.15) is 26.2 Å². The maximum Gasteiger partial charge on any atom is 0.333 e. The molecule has 1 amide bonds. The van der Waals surface area contributed by atoms with E-state index in [4.69, 9.17) is 0 Å². The van der Waals surface area contributed by atoms with Crippen molar-refractivity contribution in [3.8, 4) is 0 Å². The van der Waals surface area contributed by atoms with Crippen LogP contribution in [0, 0.1) is 0 Å². The van der Waals surface area contributed by atoms with Gasteiger partial charge in [-0.1, -0.05) is 6.08 Å². The largest absolute Gasteiger partial charge is 0.466 e. The number of esters is 1. The van der Waals surface area contributed by atoms with Crippen LogP contribution in [0.25, 0.3) is 0 Å². The van der Waals surface area contributed by atoms with Gasteiger partial charge in [-0.05, 0) is 19.8 Å². The van der Waals surface area contributed by atoms with Crippen molar-refractivity contribution >= 4 is 11.9 Å². The molecule has 84 valence electrons. The van der Waals surface area contributed by atoms with Crippen molar-refractivity contribution in [3.05, 3.63) is 11.6 Å². The number of methoxy groups -OCH3 is 1. The molecular formula is C11H17NO3. The molecule has 4 heteroatoms. The van der Waals surface area contributed by atoms with Gasteiger partial charge in [-0.2, -0.15) is 0 Å². The monoisotopic (exact) mass is 211 g/mol. The molecule has 0 atom stereocenters. The summed E-state index contributed by atoms with van der Waals surface area (Å²) >= 11 is 0. The number of rotatable bonds is 3. The van der Waals surface area contributed by atoms with Gasteiger partial charge in [0.05, 0.1) is 7.11 Å². The summed E-state index contributed by atoms with van der Waals surface area (Å²) in [6.07, 6.45) is 4.41. The lowest BCUT2D eigenvalue weighted by molar-refractivity contribution is -0.136. The Morgan fingerprint density at radius 3 is 2.87 bits per heavy atom. The Balaban J connectivity index is 2.47. The van der Waals surface area contributed by atoms with Crippen molar-refractivity contribution in [2.45, 2.75) is 26.2 Å². The number of amides is 1. The minimum absolute atomic E-state index is 0.176. The Kier molecular flexibility index (Phi) is 4.34. The summed E-state index contributed by atoms with van der Waals surface area (Å²) in [5, 5.41) is 0. The fraction of sp³-hybridized carbons (Fsp3) is 0.636. The zero-order valence-electron chi connectivity index (χ0n) is 9.28. The van der Waals surface area contributed by atoms with Crippen molar-refractivity contribution in [1.29, 1.82) is 0 Å². The van der Waals surface area contributed by atoms with Gasteiger partial charge in [0.15, 0.2) is 0 Å². The highest BCUT2D eigenvalue weighted by Gasteiger charge is 2.16. The number of nitrogens with zero attached hydrogens (tertiary/aromatic N) is 1. The molecule has 0 N–H and O–H groups in total. The molecule has 4 nitrogen and oxygen atoms in total. The molecule has 0 radical (unpaired) electrons. The Labute approximate surface area is 89.9 Å². The predicted molar refractivity (Wildman–Crippen MR) is 56.2 cm³/mol. The standard InChI is InChI=1S/C11H17NO3/c1-9(11(14)15-2)6-8-12-7-4-3-5-10(12)13/h6H,3-5,7-8H2,1-2H3. The zero-order valence-corrected chi connectivity index (χ0v) is 9.28. The molecule has 0 unspecified atom stereocenters. The molecule has 0 spiro atoms. The van der Waals surface area contributed by atoms with E-state index in [2.05, 4.69) is 4.74 Å². The molecule has 0 aromatic carbocycles. The van der Waals surface area contributed by atoms with Crippen LogP contribution in [-0.4, -0.2) is 37.0 Å². The second-order valence-corrected chi connectivity index (χ2v) is 3.68. The van der Waals surface area contributed by atoms with E-state index in [0.717, 1.165) is 19.4 Å². The highest BCUT2D eigenvalue weighted by Crippen LogP contribution is 2.10. The van der Waals surface area contributed by atoms with Crippen molar-refractivity contribution in [3.63, 3.8) is 0 Å². The average molecular weight is 211 g/mol. The molecule has 1 heterocycles. The molecule has 1 aliphatic heterocycles. The molecule has 0 aromatic heterocycles. The molecule has 15 heavy (non-hydrogen) atoms. The quantitative estimate of drug-likeness (QED) is 0.519. The third-order valence-corrected chi connectivity index (χ3v) is 2.55. The highest BCUT2D eigenvalue weighted by molar-refractivity contribution is 5.87. The smallest absolute Gasteiger partial charge is 0.333 e. The maximum atomic E-state index is 11.4. The van der Waals surface area contributed by atoms with Crippen LogP contribution >= 0.6 is 0 Å². The SMILES string of the molecule is COC(=O)C(C)=CCN1CCCCC1=O. The Morgan fingerprint density at radius 1 is 1.53 bits per heavy atom. The first-order chi connectivity index (χ1) is 7.15. The summed E-state index contributed by atoms with van der Waals surface area (Å²) < 4.78 is 4.57. The predicted octanol–water partition coefficient (Wildman–Crippen LogP) is 1.12. The van der Waals surface area contributed by atoms with Crippen molar-refractivity contribution in [2.24, 2.45) is 0 Å². The minimum atomic E-state index is -0.334. The first-order valence-corrected chi connectivity index (χ1v) is 5.18. The number of piperidine rings is 1. The van der Waals surface area contributed by atoms with Gasteiger partial charge in [-0.3, -0.25) is 4.79 Å². The van der Waals surface area contributed by atoms with Crippen molar-refractivity contribution in [1.82, 2.24) is 4.90 Å². The molecule has 0 aliphatic carbocycles. The van der Waals surface area contributed by atoms with E-state index in [1.54, 1.807) is 17.9 Å². The Hall–Kier alpha value is -1.32. The topological polar surface area (TPSA) is 46.6 Å². The van der Waals surface area contributed by atoms with E-state index in [0.29, 0.717) is 18.5 Å². The normalized spacial score (nSPS) is 17.9. The van der Waals surface area contributed by atoms with Crippen LogP contribution in [0.5, 0.6) is 0 Å². The third-order valence-electron chi connectivity index (χ3n) is 2.55. The third kappa shape index (κ3) is 3.38. The van der Waals surface area contributed by atoms with Gasteiger partial charge in [0, 0.05) is 25.1 Å². The highest BCUT2D eigenvalue weighted by atomic mass is 16.5. The van der Waals surface area contributed by atoms with Gasteiger partial charge in [0.1, 0.15) is 0 Å². The first kappa shape index (κ1) is 11.8. The van der Waals surface area contributed by atoms with Crippen LogP contribution in [-0.2, 0) is 14.3 Å². The molecule has 1 fully saturated rings. The zero-order chi connectivity index (χ0) is 11.3. The van der Waals surface area contributed by atoms with E-state index in [-0.39, 0.29) is 11.9 Å². The number of carbonyl (C=O) groups excluding carboxylic acids is 2. The van der Waals surface area contributed by atoms with Crippen molar-refractivity contribution < 1.29 is 14.3 Å². The lowest BCUT2D eigenvalue weighted by Gasteiger charge is -2.25. The fourth-order valence-corrected chi connectivity index (χ4v) is 1.55. The first-order valence-electron chi connectivity index (χ1n) is 5.18. The van der Waals surface area contributed by atoms with Gasteiger partial charge >= 0.3 is 5.97 Å². The number of likely N-dealkylation sites (tertiary alicyclic amines) is 1. The number of hydrogen-bond donors (Lipinski definition) is 0. The minimum Gasteiger partial charge on any atom is -0.466 e. The second kappa shape index (κ2) is 5.53. The average Bonchev–Trinajstić information content (AvgIpc) is 2.26. The van der Waals surface area contributed by atoms with Crippen LogP contribution in [0.4, 0.5) is 0 Å².